The Morgan fingerprint density at radius 2 is 1.77 bits per heavy atom. The number of piperidine rings is 1. The van der Waals surface area contributed by atoms with Gasteiger partial charge in [-0.25, -0.2) is 5.01 Å². The fourth-order valence-corrected chi connectivity index (χ4v) is 2.02. The molecule has 0 aromatic carbocycles. The Bertz CT molecular complexity index is 135. The second kappa shape index (κ2) is 4.97. The van der Waals surface area contributed by atoms with Crippen LogP contribution < -0.4 is 5.43 Å². The molecule has 1 aliphatic heterocycles. The third kappa shape index (κ3) is 3.28. The minimum Gasteiger partial charge on any atom is -0.254 e. The fraction of sp³-hybridized carbons (Fsp3) is 1.00. The molecule has 1 fully saturated rings. The minimum absolute atomic E-state index is 0.711. The molecule has 1 heterocycles. The lowest BCUT2D eigenvalue weighted by atomic mass is 10.00. The number of hydrogen-bond acceptors (Lipinski definition) is 2. The maximum atomic E-state index is 3.55. The fourth-order valence-electron chi connectivity index (χ4n) is 2.02. The summed E-state index contributed by atoms with van der Waals surface area (Å²) >= 11 is 0. The molecule has 0 radical (unpaired) electrons. The first kappa shape index (κ1) is 11.0. The van der Waals surface area contributed by atoms with Gasteiger partial charge < -0.3 is 0 Å². The SMILES string of the molecule is CC(C)CNN1C(C)CCCC1C. The average Bonchev–Trinajstić information content (AvgIpc) is 2.03. The van der Waals surface area contributed by atoms with Gasteiger partial charge in [-0.3, -0.25) is 5.43 Å². The van der Waals surface area contributed by atoms with E-state index in [2.05, 4.69) is 38.1 Å². The molecule has 1 aliphatic rings. The van der Waals surface area contributed by atoms with E-state index >= 15 is 0 Å². The lowest BCUT2D eigenvalue weighted by molar-refractivity contribution is 0.0423. The van der Waals surface area contributed by atoms with Crippen molar-refractivity contribution in [3.63, 3.8) is 0 Å². The van der Waals surface area contributed by atoms with Crippen molar-refractivity contribution in [2.75, 3.05) is 6.54 Å². The molecule has 0 bridgehead atoms. The van der Waals surface area contributed by atoms with Crippen molar-refractivity contribution in [1.82, 2.24) is 10.4 Å². The third-order valence-electron chi connectivity index (χ3n) is 2.88. The van der Waals surface area contributed by atoms with Gasteiger partial charge in [0, 0.05) is 18.6 Å². The summed E-state index contributed by atoms with van der Waals surface area (Å²) in [4.78, 5) is 0. The normalized spacial score (nSPS) is 31.2. The molecule has 0 spiro atoms. The molecular weight excluding hydrogens is 160 g/mol. The lowest BCUT2D eigenvalue weighted by Gasteiger charge is -2.39. The summed E-state index contributed by atoms with van der Waals surface area (Å²) in [6.45, 7) is 10.3. The zero-order chi connectivity index (χ0) is 9.84. The number of hydrogen-bond donors (Lipinski definition) is 1. The molecule has 13 heavy (non-hydrogen) atoms. The Kier molecular flexibility index (Phi) is 4.20. The largest absolute Gasteiger partial charge is 0.254 e. The van der Waals surface area contributed by atoms with Crippen LogP contribution in [0.2, 0.25) is 0 Å². The summed E-state index contributed by atoms with van der Waals surface area (Å²) in [5.74, 6) is 0.737. The Hall–Kier alpha value is -0.0800. The van der Waals surface area contributed by atoms with Crippen LogP contribution in [0.5, 0.6) is 0 Å². The summed E-state index contributed by atoms with van der Waals surface area (Å²) in [6, 6.07) is 1.42. The molecule has 2 heteroatoms. The molecule has 0 aromatic rings. The maximum Gasteiger partial charge on any atom is 0.0218 e. The van der Waals surface area contributed by atoms with Crippen LogP contribution in [0, 0.1) is 5.92 Å². The van der Waals surface area contributed by atoms with E-state index in [-0.39, 0.29) is 0 Å². The average molecular weight is 184 g/mol. The van der Waals surface area contributed by atoms with Crippen LogP contribution in [0.25, 0.3) is 0 Å². The molecule has 0 saturated carbocycles. The van der Waals surface area contributed by atoms with Crippen molar-refractivity contribution in [2.24, 2.45) is 5.92 Å². The van der Waals surface area contributed by atoms with Gasteiger partial charge >= 0.3 is 0 Å². The highest BCUT2D eigenvalue weighted by molar-refractivity contribution is 4.76. The highest BCUT2D eigenvalue weighted by atomic mass is 15.5. The van der Waals surface area contributed by atoms with Gasteiger partial charge in [-0.05, 0) is 32.6 Å². The first-order valence-corrected chi connectivity index (χ1v) is 5.63. The van der Waals surface area contributed by atoms with E-state index in [1.165, 1.54) is 19.3 Å². The first-order chi connectivity index (χ1) is 6.11. The van der Waals surface area contributed by atoms with E-state index in [9.17, 15) is 0 Å². The molecular formula is C11H24N2. The maximum absolute atomic E-state index is 3.55. The lowest BCUT2D eigenvalue weighted by Crippen LogP contribution is -2.52. The van der Waals surface area contributed by atoms with Gasteiger partial charge in [-0.2, -0.15) is 0 Å². The molecule has 0 aliphatic carbocycles. The van der Waals surface area contributed by atoms with Crippen LogP contribution >= 0.6 is 0 Å². The number of hydrazine groups is 1. The van der Waals surface area contributed by atoms with Gasteiger partial charge in [0.25, 0.3) is 0 Å². The van der Waals surface area contributed by atoms with E-state index in [0.29, 0.717) is 12.1 Å². The highest BCUT2D eigenvalue weighted by Crippen LogP contribution is 2.20. The molecule has 1 saturated heterocycles. The van der Waals surface area contributed by atoms with Crippen molar-refractivity contribution in [3.8, 4) is 0 Å². The number of nitrogens with zero attached hydrogens (tertiary/aromatic N) is 1. The predicted octanol–water partition coefficient (Wildman–Crippen LogP) is 2.41. The summed E-state index contributed by atoms with van der Waals surface area (Å²) in [5.41, 5.74) is 3.55. The van der Waals surface area contributed by atoms with E-state index in [4.69, 9.17) is 0 Å². The van der Waals surface area contributed by atoms with Gasteiger partial charge in [-0.15, -0.1) is 0 Å². The van der Waals surface area contributed by atoms with Gasteiger partial charge in [0.1, 0.15) is 0 Å². The predicted molar refractivity (Wildman–Crippen MR) is 57.5 cm³/mol. The molecule has 0 amide bonds. The van der Waals surface area contributed by atoms with Gasteiger partial charge in [0.2, 0.25) is 0 Å². The highest BCUT2D eigenvalue weighted by Gasteiger charge is 2.23. The Balaban J connectivity index is 2.35. The Morgan fingerprint density at radius 3 is 2.23 bits per heavy atom. The van der Waals surface area contributed by atoms with Crippen LogP contribution in [0.15, 0.2) is 0 Å². The standard InChI is InChI=1S/C11H24N2/c1-9(2)8-12-13-10(3)6-5-7-11(13)4/h9-12H,5-8H2,1-4H3. The van der Waals surface area contributed by atoms with Crippen molar-refractivity contribution in [1.29, 1.82) is 0 Å². The molecule has 2 atom stereocenters. The minimum atomic E-state index is 0.711. The van der Waals surface area contributed by atoms with Crippen molar-refractivity contribution >= 4 is 0 Å². The van der Waals surface area contributed by atoms with E-state index in [0.717, 1.165) is 12.5 Å². The van der Waals surface area contributed by atoms with E-state index in [1.807, 2.05) is 0 Å². The van der Waals surface area contributed by atoms with Crippen molar-refractivity contribution in [3.05, 3.63) is 0 Å². The van der Waals surface area contributed by atoms with Crippen molar-refractivity contribution < 1.29 is 0 Å². The number of nitrogens with one attached hydrogen (secondary N) is 1. The Morgan fingerprint density at radius 1 is 1.23 bits per heavy atom. The summed E-state index contributed by atoms with van der Waals surface area (Å²) in [7, 11) is 0. The van der Waals surface area contributed by atoms with Crippen LogP contribution in [0.4, 0.5) is 0 Å². The van der Waals surface area contributed by atoms with Crippen LogP contribution in [-0.2, 0) is 0 Å². The van der Waals surface area contributed by atoms with Gasteiger partial charge in [0.15, 0.2) is 0 Å². The monoisotopic (exact) mass is 184 g/mol. The second-order valence-corrected chi connectivity index (χ2v) is 4.79. The number of rotatable bonds is 3. The van der Waals surface area contributed by atoms with Crippen molar-refractivity contribution in [2.45, 2.75) is 59.0 Å². The Labute approximate surface area is 82.7 Å². The first-order valence-electron chi connectivity index (χ1n) is 5.63. The molecule has 1 N–H and O–H groups in total. The smallest absolute Gasteiger partial charge is 0.0218 e. The quantitative estimate of drug-likeness (QED) is 0.724. The van der Waals surface area contributed by atoms with Crippen LogP contribution in [-0.4, -0.2) is 23.6 Å². The molecule has 0 aromatic heterocycles. The van der Waals surface area contributed by atoms with Crippen LogP contribution in [0.3, 0.4) is 0 Å². The second-order valence-electron chi connectivity index (χ2n) is 4.79. The molecule has 2 unspecified atom stereocenters. The molecule has 2 nitrogen and oxygen atoms in total. The zero-order valence-electron chi connectivity index (χ0n) is 9.51. The molecule has 1 rings (SSSR count). The van der Waals surface area contributed by atoms with Gasteiger partial charge in [0.05, 0.1) is 0 Å². The summed E-state index contributed by atoms with van der Waals surface area (Å²) < 4.78 is 0. The topological polar surface area (TPSA) is 15.3 Å². The summed E-state index contributed by atoms with van der Waals surface area (Å²) in [6.07, 6.45) is 4.08. The van der Waals surface area contributed by atoms with E-state index in [1.54, 1.807) is 0 Å². The zero-order valence-corrected chi connectivity index (χ0v) is 9.51. The van der Waals surface area contributed by atoms with E-state index < -0.39 is 0 Å². The van der Waals surface area contributed by atoms with Crippen LogP contribution in [0.1, 0.15) is 47.0 Å². The van der Waals surface area contributed by atoms with Gasteiger partial charge in [-0.1, -0.05) is 20.3 Å². The summed E-state index contributed by atoms with van der Waals surface area (Å²) in [5, 5.41) is 2.45. The molecule has 78 valence electrons. The third-order valence-corrected chi connectivity index (χ3v) is 2.88.